The highest BCUT2D eigenvalue weighted by atomic mass is 16.6. The second-order valence-electron chi connectivity index (χ2n) is 4.89. The topological polar surface area (TPSA) is 152 Å². The lowest BCUT2D eigenvalue weighted by molar-refractivity contribution is -0.238. The van der Waals surface area contributed by atoms with E-state index in [4.69, 9.17) is 14.9 Å². The lowest BCUT2D eigenvalue weighted by Crippen LogP contribution is -2.64. The van der Waals surface area contributed by atoms with E-state index in [-0.39, 0.29) is 11.3 Å². The number of carbonyl (C=O) groups is 1. The Morgan fingerprint density at radius 3 is 2.32 bits per heavy atom. The highest BCUT2D eigenvalue weighted by Gasteiger charge is 2.43. The van der Waals surface area contributed by atoms with Crippen LogP contribution in [0.2, 0.25) is 0 Å². The van der Waals surface area contributed by atoms with Gasteiger partial charge in [0.15, 0.2) is 6.23 Å². The number of hydrazine groups is 1. The van der Waals surface area contributed by atoms with Gasteiger partial charge < -0.3 is 30.3 Å². The van der Waals surface area contributed by atoms with Gasteiger partial charge >= 0.3 is 0 Å². The minimum atomic E-state index is -1.53. The van der Waals surface area contributed by atoms with Crippen molar-refractivity contribution < 1.29 is 35.1 Å². The molecule has 1 aliphatic heterocycles. The van der Waals surface area contributed by atoms with Crippen LogP contribution in [0.5, 0.6) is 5.75 Å². The van der Waals surface area contributed by atoms with Crippen molar-refractivity contribution in [3.63, 3.8) is 0 Å². The predicted octanol–water partition coefficient (Wildman–Crippen LogP) is -2.57. The number of aliphatic hydroxyl groups excluding tert-OH is 4. The summed E-state index contributed by atoms with van der Waals surface area (Å²) in [5.74, 6) is -0.546. The van der Waals surface area contributed by atoms with Gasteiger partial charge in [-0.2, -0.15) is 0 Å². The molecule has 7 N–H and O–H groups in total. The number of hydrogen-bond donors (Lipinski definition) is 7. The van der Waals surface area contributed by atoms with Crippen LogP contribution in [0.4, 0.5) is 0 Å². The number of carbonyl (C=O) groups excluding carboxylic acids is 1. The van der Waals surface area contributed by atoms with E-state index >= 15 is 0 Å². The molecule has 1 fully saturated rings. The van der Waals surface area contributed by atoms with Gasteiger partial charge in [-0.1, -0.05) is 0 Å². The first kappa shape index (κ1) is 16.6. The molecule has 0 spiro atoms. The van der Waals surface area contributed by atoms with Crippen molar-refractivity contribution in [1.82, 2.24) is 10.9 Å². The highest BCUT2D eigenvalue weighted by molar-refractivity contribution is 5.93. The minimum absolute atomic E-state index is 0.0124. The van der Waals surface area contributed by atoms with Crippen molar-refractivity contribution in [2.45, 2.75) is 30.6 Å². The molecule has 1 aromatic carbocycles. The van der Waals surface area contributed by atoms with Crippen molar-refractivity contribution in [2.75, 3.05) is 6.61 Å². The third-order valence-corrected chi connectivity index (χ3v) is 3.35. The number of rotatable bonds is 4. The molecule has 0 bridgehead atoms. The molecule has 122 valence electrons. The second kappa shape index (κ2) is 7.01. The summed E-state index contributed by atoms with van der Waals surface area (Å²) in [6.45, 7) is -0.560. The SMILES string of the molecule is O=C(NN[C@H]1O[C@@H](CO)[C@@H](O)[C@@H](O)[C@@H]1O)c1ccc(O)cc1. The lowest BCUT2D eigenvalue weighted by atomic mass is 9.99. The van der Waals surface area contributed by atoms with Crippen LogP contribution in [0.3, 0.4) is 0 Å². The van der Waals surface area contributed by atoms with E-state index in [0.717, 1.165) is 0 Å². The first-order valence-electron chi connectivity index (χ1n) is 6.59. The molecule has 2 rings (SSSR count). The first-order chi connectivity index (χ1) is 10.4. The van der Waals surface area contributed by atoms with Gasteiger partial charge in [-0.15, -0.1) is 0 Å². The summed E-state index contributed by atoms with van der Waals surface area (Å²) >= 11 is 0. The average molecular weight is 314 g/mol. The Hall–Kier alpha value is -1.75. The van der Waals surface area contributed by atoms with Gasteiger partial charge in [0.25, 0.3) is 5.91 Å². The molecule has 9 nitrogen and oxygen atoms in total. The Morgan fingerprint density at radius 2 is 1.73 bits per heavy atom. The maximum atomic E-state index is 11.8. The van der Waals surface area contributed by atoms with Crippen LogP contribution in [0, 0.1) is 0 Å². The van der Waals surface area contributed by atoms with Crippen LogP contribution < -0.4 is 10.9 Å². The van der Waals surface area contributed by atoms with Gasteiger partial charge in [-0.25, -0.2) is 5.43 Å². The molecule has 22 heavy (non-hydrogen) atoms. The van der Waals surface area contributed by atoms with Gasteiger partial charge in [-0.3, -0.25) is 10.2 Å². The molecule has 0 saturated carbocycles. The highest BCUT2D eigenvalue weighted by Crippen LogP contribution is 2.19. The Kier molecular flexibility index (Phi) is 5.29. The molecule has 1 aliphatic rings. The average Bonchev–Trinajstić information content (AvgIpc) is 2.52. The van der Waals surface area contributed by atoms with E-state index in [0.29, 0.717) is 0 Å². The normalized spacial score (nSPS) is 31.7. The standard InChI is InChI=1S/C13H18N2O7/c16-5-8-9(18)10(19)11(20)13(22-8)15-14-12(21)6-1-3-7(17)4-2-6/h1-4,8-11,13,15-20H,5H2,(H,14,21)/t8-,9+,10+,11-,13-/m0/s1. The van der Waals surface area contributed by atoms with E-state index in [1.54, 1.807) is 0 Å². The fraction of sp³-hybridized carbons (Fsp3) is 0.462. The quantitative estimate of drug-likeness (QED) is 0.299. The Morgan fingerprint density at radius 1 is 1.09 bits per heavy atom. The number of aromatic hydroxyl groups is 1. The Bertz CT molecular complexity index is 508. The number of amides is 1. The van der Waals surface area contributed by atoms with E-state index in [9.17, 15) is 20.1 Å². The third-order valence-electron chi connectivity index (χ3n) is 3.35. The Balaban J connectivity index is 1.95. The zero-order chi connectivity index (χ0) is 16.3. The summed E-state index contributed by atoms with van der Waals surface area (Å²) in [4.78, 5) is 11.8. The summed E-state index contributed by atoms with van der Waals surface area (Å²) in [6, 6.07) is 5.45. The molecule has 5 atom stereocenters. The van der Waals surface area contributed by atoms with Crippen LogP contribution in [-0.2, 0) is 4.74 Å². The van der Waals surface area contributed by atoms with Crippen molar-refractivity contribution >= 4 is 5.91 Å². The fourth-order valence-corrected chi connectivity index (χ4v) is 2.04. The molecular weight excluding hydrogens is 296 g/mol. The number of phenols is 1. The number of benzene rings is 1. The van der Waals surface area contributed by atoms with Gasteiger partial charge in [0.2, 0.25) is 0 Å². The number of phenolic OH excluding ortho intramolecular Hbond substituents is 1. The van der Waals surface area contributed by atoms with Crippen LogP contribution in [-0.4, -0.2) is 68.7 Å². The first-order valence-corrected chi connectivity index (χ1v) is 6.59. The summed E-state index contributed by atoms with van der Waals surface area (Å²) in [5, 5.41) is 47.2. The van der Waals surface area contributed by atoms with Crippen LogP contribution >= 0.6 is 0 Å². The third kappa shape index (κ3) is 3.53. The van der Waals surface area contributed by atoms with Crippen LogP contribution in [0.15, 0.2) is 24.3 Å². The molecule has 0 aliphatic carbocycles. The smallest absolute Gasteiger partial charge is 0.265 e. The van der Waals surface area contributed by atoms with Gasteiger partial charge in [0, 0.05) is 5.56 Å². The number of aliphatic hydroxyl groups is 4. The molecule has 0 aromatic heterocycles. The van der Waals surface area contributed by atoms with Crippen LogP contribution in [0.1, 0.15) is 10.4 Å². The monoisotopic (exact) mass is 314 g/mol. The molecule has 0 unspecified atom stereocenters. The van der Waals surface area contributed by atoms with Crippen molar-refractivity contribution in [3.8, 4) is 5.75 Å². The molecule has 0 radical (unpaired) electrons. The Labute approximate surface area is 125 Å². The van der Waals surface area contributed by atoms with E-state index in [1.807, 2.05) is 0 Å². The number of hydrogen-bond acceptors (Lipinski definition) is 8. The maximum absolute atomic E-state index is 11.8. The molecule has 9 heteroatoms. The van der Waals surface area contributed by atoms with E-state index in [1.165, 1.54) is 24.3 Å². The van der Waals surface area contributed by atoms with Crippen LogP contribution in [0.25, 0.3) is 0 Å². The molecular formula is C13H18N2O7. The molecule has 1 aromatic rings. The van der Waals surface area contributed by atoms with Crippen molar-refractivity contribution in [3.05, 3.63) is 29.8 Å². The summed E-state index contributed by atoms with van der Waals surface area (Å²) in [5.41, 5.74) is 4.90. The second-order valence-corrected chi connectivity index (χ2v) is 4.89. The summed E-state index contributed by atoms with van der Waals surface area (Å²) in [6.07, 6.45) is -6.78. The van der Waals surface area contributed by atoms with Gasteiger partial charge in [0.05, 0.1) is 6.61 Å². The molecule has 1 heterocycles. The number of ether oxygens (including phenoxy) is 1. The predicted molar refractivity (Wildman–Crippen MR) is 72.5 cm³/mol. The lowest BCUT2D eigenvalue weighted by Gasteiger charge is -2.40. The van der Waals surface area contributed by atoms with Gasteiger partial charge in [0.1, 0.15) is 30.2 Å². The molecule has 1 amide bonds. The molecule has 1 saturated heterocycles. The van der Waals surface area contributed by atoms with E-state index < -0.39 is 43.2 Å². The summed E-state index contributed by atoms with van der Waals surface area (Å²) < 4.78 is 5.16. The van der Waals surface area contributed by atoms with Gasteiger partial charge in [-0.05, 0) is 24.3 Å². The minimum Gasteiger partial charge on any atom is -0.508 e. The van der Waals surface area contributed by atoms with Crippen molar-refractivity contribution in [1.29, 1.82) is 0 Å². The largest absolute Gasteiger partial charge is 0.508 e. The van der Waals surface area contributed by atoms with Crippen molar-refractivity contribution in [2.24, 2.45) is 0 Å². The zero-order valence-electron chi connectivity index (χ0n) is 11.5. The zero-order valence-corrected chi connectivity index (χ0v) is 11.5. The summed E-state index contributed by atoms with van der Waals surface area (Å²) in [7, 11) is 0. The van der Waals surface area contributed by atoms with E-state index in [2.05, 4.69) is 10.9 Å². The maximum Gasteiger partial charge on any atom is 0.265 e. The fourth-order valence-electron chi connectivity index (χ4n) is 2.04. The number of nitrogens with one attached hydrogen (secondary N) is 2.